The van der Waals surface area contributed by atoms with Crippen LogP contribution in [0.4, 0.5) is 9.93 Å². The number of rotatable bonds is 7. The van der Waals surface area contributed by atoms with Gasteiger partial charge in [-0.1, -0.05) is 13.8 Å². The molecule has 0 bridgehead atoms. The quantitative estimate of drug-likeness (QED) is 0.722. The van der Waals surface area contributed by atoms with Gasteiger partial charge in [0, 0.05) is 17.8 Å². The minimum atomic E-state index is -0.903. The highest BCUT2D eigenvalue weighted by molar-refractivity contribution is 7.13. The molecule has 0 unspecified atom stereocenters. The van der Waals surface area contributed by atoms with Crippen molar-refractivity contribution < 1.29 is 14.7 Å². The number of carboxylic acids is 1. The van der Waals surface area contributed by atoms with Crippen molar-refractivity contribution in [3.8, 4) is 0 Å². The number of nitrogens with zero attached hydrogens (tertiary/aromatic N) is 1. The van der Waals surface area contributed by atoms with Crippen molar-refractivity contribution in [3.05, 3.63) is 11.1 Å². The van der Waals surface area contributed by atoms with Crippen LogP contribution >= 0.6 is 11.3 Å². The van der Waals surface area contributed by atoms with E-state index in [1.54, 1.807) is 0 Å². The monoisotopic (exact) mass is 311 g/mol. The number of aliphatic carboxylic acids is 1. The van der Waals surface area contributed by atoms with Crippen molar-refractivity contribution in [1.29, 1.82) is 0 Å². The number of carboxylic acid groups (broad SMARTS) is 1. The van der Waals surface area contributed by atoms with Gasteiger partial charge in [0.1, 0.15) is 0 Å². The molecule has 2 amide bonds. The average Bonchev–Trinajstić information content (AvgIpc) is 3.21. The normalized spacial score (nSPS) is 14.8. The lowest BCUT2D eigenvalue weighted by atomic mass is 9.82. The Morgan fingerprint density at radius 1 is 1.43 bits per heavy atom. The largest absolute Gasteiger partial charge is 0.481 e. The van der Waals surface area contributed by atoms with E-state index in [0.717, 1.165) is 5.69 Å². The lowest BCUT2D eigenvalue weighted by Gasteiger charge is -2.26. The summed E-state index contributed by atoms with van der Waals surface area (Å²) in [4.78, 5) is 27.6. The Labute approximate surface area is 128 Å². The van der Waals surface area contributed by atoms with Crippen molar-refractivity contribution in [2.45, 2.75) is 45.4 Å². The summed E-state index contributed by atoms with van der Waals surface area (Å²) in [5.41, 5.74) is 0.136. The second kappa shape index (κ2) is 6.43. The molecule has 0 aliphatic heterocycles. The lowest BCUT2D eigenvalue weighted by molar-refractivity contribution is -0.149. The van der Waals surface area contributed by atoms with Crippen LogP contribution in [-0.4, -0.2) is 28.6 Å². The van der Waals surface area contributed by atoms with Gasteiger partial charge in [-0.15, -0.1) is 11.3 Å². The van der Waals surface area contributed by atoms with E-state index < -0.39 is 17.4 Å². The number of nitrogens with one attached hydrogen (secondary N) is 2. The zero-order valence-corrected chi connectivity index (χ0v) is 13.1. The third-order valence-electron chi connectivity index (χ3n) is 4.13. The molecule has 0 spiro atoms. The number of urea groups is 1. The molecule has 21 heavy (non-hydrogen) atoms. The van der Waals surface area contributed by atoms with Crippen molar-refractivity contribution in [2.24, 2.45) is 5.41 Å². The summed E-state index contributed by atoms with van der Waals surface area (Å²) in [6.45, 7) is 3.75. The summed E-state index contributed by atoms with van der Waals surface area (Å²) in [7, 11) is 0. The highest BCUT2D eigenvalue weighted by Gasteiger charge is 2.35. The van der Waals surface area contributed by atoms with Crippen LogP contribution in [0.2, 0.25) is 0 Å². The third-order valence-corrected chi connectivity index (χ3v) is 4.91. The molecule has 1 aliphatic carbocycles. The first-order valence-corrected chi connectivity index (χ1v) is 8.12. The molecule has 7 heteroatoms. The molecular weight excluding hydrogens is 290 g/mol. The minimum absolute atomic E-state index is 0.113. The molecule has 0 atom stereocenters. The molecule has 1 aromatic heterocycles. The van der Waals surface area contributed by atoms with E-state index in [0.29, 0.717) is 23.9 Å². The van der Waals surface area contributed by atoms with Crippen molar-refractivity contribution in [3.63, 3.8) is 0 Å². The molecule has 0 radical (unpaired) electrons. The summed E-state index contributed by atoms with van der Waals surface area (Å²) >= 11 is 1.40. The van der Waals surface area contributed by atoms with E-state index >= 15 is 0 Å². The molecule has 3 N–H and O–H groups in total. The Balaban J connectivity index is 1.87. The van der Waals surface area contributed by atoms with E-state index in [9.17, 15) is 14.7 Å². The zero-order valence-electron chi connectivity index (χ0n) is 12.3. The smallest absolute Gasteiger partial charge is 0.321 e. The highest BCUT2D eigenvalue weighted by atomic mass is 32.1. The van der Waals surface area contributed by atoms with Gasteiger partial charge >= 0.3 is 12.0 Å². The summed E-state index contributed by atoms with van der Waals surface area (Å²) in [5, 5.41) is 17.2. The molecule has 1 aliphatic rings. The summed E-state index contributed by atoms with van der Waals surface area (Å²) < 4.78 is 0. The third kappa shape index (κ3) is 3.72. The number of hydrogen-bond donors (Lipinski definition) is 3. The topological polar surface area (TPSA) is 91.3 Å². The molecular formula is C14H21N3O3S. The van der Waals surface area contributed by atoms with Gasteiger partial charge in [-0.05, 0) is 25.7 Å². The number of carbonyl (C=O) groups excluding carboxylic acids is 1. The first-order valence-electron chi connectivity index (χ1n) is 7.24. The lowest BCUT2D eigenvalue weighted by Crippen LogP contribution is -2.43. The Bertz CT molecular complexity index is 521. The summed E-state index contributed by atoms with van der Waals surface area (Å²) in [6.07, 6.45) is 3.29. The van der Waals surface area contributed by atoms with Gasteiger partial charge in [0.25, 0.3) is 0 Å². The van der Waals surface area contributed by atoms with E-state index in [2.05, 4.69) is 15.6 Å². The Hall–Kier alpha value is -1.63. The standard InChI is InChI=1S/C14H21N3O3S/c1-3-14(4-2,11(18)19)8-15-12(20)17-13-16-10(7-21-13)9-5-6-9/h7,9H,3-6,8H2,1-2H3,(H,18,19)(H2,15,16,17,20). The number of hydrogen-bond acceptors (Lipinski definition) is 4. The molecule has 1 aromatic rings. The maximum Gasteiger partial charge on any atom is 0.321 e. The molecule has 0 saturated heterocycles. The fourth-order valence-electron chi connectivity index (χ4n) is 2.18. The number of anilines is 1. The highest BCUT2D eigenvalue weighted by Crippen LogP contribution is 2.40. The molecule has 0 aromatic carbocycles. The van der Waals surface area contributed by atoms with Crippen LogP contribution < -0.4 is 10.6 Å². The first kappa shape index (κ1) is 15.8. The zero-order chi connectivity index (χ0) is 15.5. The van der Waals surface area contributed by atoms with Gasteiger partial charge in [-0.3, -0.25) is 10.1 Å². The maximum absolute atomic E-state index is 11.9. The predicted molar refractivity (Wildman–Crippen MR) is 81.8 cm³/mol. The second-order valence-electron chi connectivity index (χ2n) is 5.45. The Morgan fingerprint density at radius 2 is 2.10 bits per heavy atom. The predicted octanol–water partition coefficient (Wildman–Crippen LogP) is 3.03. The SMILES string of the molecule is CCC(CC)(CNC(=O)Nc1nc(C2CC2)cs1)C(=O)O. The van der Waals surface area contributed by atoms with Gasteiger partial charge in [0.05, 0.1) is 11.1 Å². The van der Waals surface area contributed by atoms with Crippen molar-refractivity contribution in [1.82, 2.24) is 10.3 Å². The van der Waals surface area contributed by atoms with E-state index in [1.165, 1.54) is 24.2 Å². The van der Waals surface area contributed by atoms with Gasteiger partial charge in [0.2, 0.25) is 0 Å². The maximum atomic E-state index is 11.9. The van der Waals surface area contributed by atoms with Crippen LogP contribution in [0.3, 0.4) is 0 Å². The van der Waals surface area contributed by atoms with Crippen LogP contribution in [0.1, 0.15) is 51.1 Å². The van der Waals surface area contributed by atoms with Crippen molar-refractivity contribution in [2.75, 3.05) is 11.9 Å². The number of aromatic nitrogens is 1. The van der Waals surface area contributed by atoms with Crippen LogP contribution in [0.25, 0.3) is 0 Å². The fraction of sp³-hybridized carbons (Fsp3) is 0.643. The van der Waals surface area contributed by atoms with Crippen molar-refractivity contribution >= 4 is 28.5 Å². The molecule has 1 fully saturated rings. The fourth-order valence-corrected chi connectivity index (χ4v) is 2.97. The van der Waals surface area contributed by atoms with E-state index in [-0.39, 0.29) is 6.54 Å². The minimum Gasteiger partial charge on any atom is -0.481 e. The van der Waals surface area contributed by atoms with Crippen LogP contribution in [0.5, 0.6) is 0 Å². The van der Waals surface area contributed by atoms with Crippen LogP contribution in [-0.2, 0) is 4.79 Å². The van der Waals surface area contributed by atoms with Gasteiger partial charge in [0.15, 0.2) is 5.13 Å². The van der Waals surface area contributed by atoms with Crippen LogP contribution in [0, 0.1) is 5.41 Å². The molecule has 1 saturated carbocycles. The van der Waals surface area contributed by atoms with E-state index in [4.69, 9.17) is 0 Å². The van der Waals surface area contributed by atoms with Crippen LogP contribution in [0.15, 0.2) is 5.38 Å². The van der Waals surface area contributed by atoms with Gasteiger partial charge in [-0.25, -0.2) is 9.78 Å². The molecule has 1 heterocycles. The molecule has 116 valence electrons. The average molecular weight is 311 g/mol. The summed E-state index contributed by atoms with van der Waals surface area (Å²) in [6, 6.07) is -0.403. The number of amides is 2. The van der Waals surface area contributed by atoms with Gasteiger partial charge < -0.3 is 10.4 Å². The second-order valence-corrected chi connectivity index (χ2v) is 6.31. The Kier molecular flexibility index (Phi) is 4.82. The molecule has 6 nitrogen and oxygen atoms in total. The number of carbonyl (C=O) groups is 2. The van der Waals surface area contributed by atoms with E-state index in [1.807, 2.05) is 19.2 Å². The van der Waals surface area contributed by atoms with Gasteiger partial charge in [-0.2, -0.15) is 0 Å². The molecule has 2 rings (SSSR count). The summed E-state index contributed by atoms with van der Waals surface area (Å²) in [5.74, 6) is -0.322. The Morgan fingerprint density at radius 3 is 2.62 bits per heavy atom. The number of thiazole rings is 1. The first-order chi connectivity index (χ1) is 10.0.